The van der Waals surface area contributed by atoms with Gasteiger partial charge in [0.05, 0.1) is 0 Å². The van der Waals surface area contributed by atoms with E-state index in [2.05, 4.69) is 0 Å². The van der Waals surface area contributed by atoms with Gasteiger partial charge in [0.1, 0.15) is 34.5 Å². The largest absolute Gasteiger partial charge is 0.589 e. The van der Waals surface area contributed by atoms with E-state index in [-0.39, 0.29) is 47.3 Å². The molecule has 12 heteroatoms. The maximum atomic E-state index is 15.8. The highest BCUT2D eigenvalue weighted by atomic mass is 31.2. The van der Waals surface area contributed by atoms with Crippen LogP contribution in [-0.2, 0) is 52.7 Å². The Morgan fingerprint density at radius 3 is 0.812 bits per heavy atom. The van der Waals surface area contributed by atoms with Crippen molar-refractivity contribution in [2.75, 3.05) is 0 Å². The van der Waals surface area contributed by atoms with Crippen LogP contribution in [0.1, 0.15) is 123 Å². The topological polar surface area (TPSA) is 130 Å². The zero-order valence-corrected chi connectivity index (χ0v) is 44.2. The second kappa shape index (κ2) is 20.5. The fraction of sp³-hybridized carbons (Fsp3) is 0.368. The molecule has 0 heterocycles. The molecule has 6 aromatic rings. The SMILES string of the molecule is CC(C)(C)c1cc(CC(C)(Cc2cc(C(C)(C)C)c(O)c(C(C)(C)C)c2)C(OP(=O)(Oc2ccccc2)Oc2ccccc2)OP(=O)(Oc2ccccc2)Oc2ccccc2)cc(C(C)(C)C)c1O. The van der Waals surface area contributed by atoms with E-state index < -0.39 is 49.0 Å². The number of phenolic OH excluding ortho intramolecular Hbond substituents is 2. The molecular weight excluding hydrogens is 907 g/mol. The van der Waals surface area contributed by atoms with Crippen molar-refractivity contribution >= 4 is 15.6 Å². The summed E-state index contributed by atoms with van der Waals surface area (Å²) in [6.07, 6.45) is -1.55. The van der Waals surface area contributed by atoms with Crippen LogP contribution in [0.5, 0.6) is 34.5 Å². The van der Waals surface area contributed by atoms with Crippen molar-refractivity contribution in [2.24, 2.45) is 5.41 Å². The van der Waals surface area contributed by atoms with Crippen LogP contribution in [0.4, 0.5) is 0 Å². The van der Waals surface area contributed by atoms with Crippen molar-refractivity contribution in [3.63, 3.8) is 0 Å². The van der Waals surface area contributed by atoms with E-state index in [1.807, 2.05) is 114 Å². The molecule has 0 aromatic heterocycles. The summed E-state index contributed by atoms with van der Waals surface area (Å²) in [4.78, 5) is 0. The Bertz CT molecular complexity index is 2400. The molecule has 0 aliphatic carbocycles. The summed E-state index contributed by atoms with van der Waals surface area (Å²) < 4.78 is 70.2. The Kier molecular flexibility index (Phi) is 15.7. The lowest BCUT2D eigenvalue weighted by Gasteiger charge is -2.40. The van der Waals surface area contributed by atoms with Crippen LogP contribution in [0.15, 0.2) is 146 Å². The van der Waals surface area contributed by atoms with Crippen molar-refractivity contribution in [1.82, 2.24) is 0 Å². The lowest BCUT2D eigenvalue weighted by molar-refractivity contribution is -0.109. The number of hydrogen-bond donors (Lipinski definition) is 2. The molecule has 6 aromatic carbocycles. The number of para-hydroxylation sites is 4. The molecule has 0 fully saturated rings. The molecule has 0 atom stereocenters. The van der Waals surface area contributed by atoms with Crippen molar-refractivity contribution in [1.29, 1.82) is 0 Å². The average Bonchev–Trinajstić information content (AvgIpc) is 3.24. The van der Waals surface area contributed by atoms with Gasteiger partial charge in [-0.15, -0.1) is 0 Å². The Hall–Kier alpha value is -5.50. The van der Waals surface area contributed by atoms with Crippen LogP contribution in [0.2, 0.25) is 0 Å². The summed E-state index contributed by atoms with van der Waals surface area (Å²) >= 11 is 0. The van der Waals surface area contributed by atoms with Gasteiger partial charge in [-0.2, -0.15) is 0 Å². The predicted molar refractivity (Wildman–Crippen MR) is 276 cm³/mol. The van der Waals surface area contributed by atoms with Crippen molar-refractivity contribution in [3.8, 4) is 34.5 Å². The molecule has 10 nitrogen and oxygen atoms in total. The van der Waals surface area contributed by atoms with Crippen LogP contribution in [-0.4, -0.2) is 16.5 Å². The summed E-state index contributed by atoms with van der Waals surface area (Å²) in [5.41, 5.74) is 1.07. The average molecular weight is 977 g/mol. The van der Waals surface area contributed by atoms with Gasteiger partial charge in [0.25, 0.3) is 0 Å². The van der Waals surface area contributed by atoms with E-state index in [9.17, 15) is 10.2 Å². The molecule has 0 aliphatic heterocycles. The molecule has 0 radical (unpaired) electrons. The molecular formula is C57H70O10P2. The van der Waals surface area contributed by atoms with Crippen LogP contribution >= 0.6 is 15.6 Å². The third-order valence-corrected chi connectivity index (χ3v) is 14.3. The summed E-state index contributed by atoms with van der Waals surface area (Å²) in [6.45, 7) is 26.4. The number of benzene rings is 6. The van der Waals surface area contributed by atoms with Crippen LogP contribution < -0.4 is 18.1 Å². The van der Waals surface area contributed by atoms with Gasteiger partial charge in [0.15, 0.2) is 6.29 Å². The quantitative estimate of drug-likeness (QED) is 0.0673. The maximum absolute atomic E-state index is 15.8. The molecule has 0 saturated carbocycles. The molecule has 0 unspecified atom stereocenters. The standard InChI is InChI=1S/C57H70O10P2/c1-53(2,3)46-34-40(35-47(50(46)58)54(4,5)6)38-57(13,39-41-36-48(55(7,8)9)51(59)49(37-41)56(10,11)12)52(66-68(60,62-42-26-18-14-19-27-42)63-43-28-20-15-21-29-43)67-69(61,64-44-30-22-16-23-31-44)65-45-32-24-17-25-33-45/h14-37,52,58-59H,38-39H2,1-13H3. The smallest absolute Gasteiger partial charge is 0.507 e. The first-order chi connectivity index (χ1) is 32.1. The van der Waals surface area contributed by atoms with Gasteiger partial charge in [0, 0.05) is 5.41 Å². The van der Waals surface area contributed by atoms with E-state index >= 15 is 9.13 Å². The number of rotatable bonds is 17. The molecule has 0 amide bonds. The lowest BCUT2D eigenvalue weighted by Crippen LogP contribution is -2.41. The second-order valence-electron chi connectivity index (χ2n) is 22.1. The van der Waals surface area contributed by atoms with Gasteiger partial charge in [-0.05, 0) is 116 Å². The van der Waals surface area contributed by atoms with Gasteiger partial charge in [-0.3, -0.25) is 0 Å². The van der Waals surface area contributed by atoms with Crippen LogP contribution in [0.25, 0.3) is 0 Å². The Morgan fingerprint density at radius 1 is 0.391 bits per heavy atom. The van der Waals surface area contributed by atoms with Gasteiger partial charge in [0.2, 0.25) is 0 Å². The number of hydrogen-bond acceptors (Lipinski definition) is 10. The van der Waals surface area contributed by atoms with Crippen LogP contribution in [0, 0.1) is 5.41 Å². The van der Waals surface area contributed by atoms with E-state index in [0.29, 0.717) is 0 Å². The lowest BCUT2D eigenvalue weighted by atomic mass is 9.72. The highest BCUT2D eigenvalue weighted by molar-refractivity contribution is 7.50. The van der Waals surface area contributed by atoms with Crippen molar-refractivity contribution in [3.05, 3.63) is 179 Å². The van der Waals surface area contributed by atoms with E-state index in [0.717, 1.165) is 33.4 Å². The molecule has 2 N–H and O–H groups in total. The first-order valence-electron chi connectivity index (χ1n) is 23.4. The number of phenols is 2. The van der Waals surface area contributed by atoms with Crippen LogP contribution in [0.3, 0.4) is 0 Å². The Labute approximate surface area is 410 Å². The summed E-state index contributed by atoms with van der Waals surface area (Å²) in [5.74, 6) is 1.09. The zero-order valence-electron chi connectivity index (χ0n) is 42.4. The third-order valence-electron chi connectivity index (χ3n) is 11.6. The summed E-state index contributed by atoms with van der Waals surface area (Å²) in [7, 11) is -9.75. The predicted octanol–water partition coefficient (Wildman–Crippen LogP) is 16.0. The molecule has 0 bridgehead atoms. The minimum absolute atomic E-state index is 0.119. The molecule has 0 spiro atoms. The minimum Gasteiger partial charge on any atom is -0.507 e. The molecule has 6 rings (SSSR count). The molecule has 0 aliphatic rings. The van der Waals surface area contributed by atoms with Crippen molar-refractivity contribution in [2.45, 2.75) is 131 Å². The maximum Gasteiger partial charge on any atom is 0.589 e. The Morgan fingerprint density at radius 2 is 0.609 bits per heavy atom. The minimum atomic E-state index is -4.87. The highest BCUT2D eigenvalue weighted by Crippen LogP contribution is 2.59. The number of phosphoric ester groups is 2. The highest BCUT2D eigenvalue weighted by Gasteiger charge is 2.50. The summed E-state index contributed by atoms with van der Waals surface area (Å²) in [5, 5.41) is 23.8. The van der Waals surface area contributed by atoms with Gasteiger partial charge in [-0.1, -0.05) is 187 Å². The fourth-order valence-electron chi connectivity index (χ4n) is 8.11. The van der Waals surface area contributed by atoms with E-state index in [1.54, 1.807) is 121 Å². The van der Waals surface area contributed by atoms with Gasteiger partial charge in [-0.25, -0.2) is 18.2 Å². The van der Waals surface area contributed by atoms with E-state index in [1.165, 1.54) is 0 Å². The Balaban J connectivity index is 1.68. The monoisotopic (exact) mass is 976 g/mol. The van der Waals surface area contributed by atoms with Gasteiger partial charge < -0.3 is 28.3 Å². The third kappa shape index (κ3) is 13.9. The first-order valence-corrected chi connectivity index (χ1v) is 26.3. The molecule has 0 saturated heterocycles. The molecule has 368 valence electrons. The zero-order chi connectivity index (χ0) is 50.6. The first kappa shape index (κ1) is 52.9. The second-order valence-corrected chi connectivity index (χ2v) is 25.1. The van der Waals surface area contributed by atoms with E-state index in [4.69, 9.17) is 27.1 Å². The normalized spacial score (nSPS) is 13.0. The molecule has 69 heavy (non-hydrogen) atoms. The summed E-state index contributed by atoms with van der Waals surface area (Å²) in [6, 6.07) is 41.9. The number of phosphoric acid groups is 2. The number of aromatic hydroxyl groups is 2. The van der Waals surface area contributed by atoms with Crippen molar-refractivity contribution < 1.29 is 46.5 Å². The fourth-order valence-corrected chi connectivity index (χ4v) is 11.0. The van der Waals surface area contributed by atoms with Gasteiger partial charge >= 0.3 is 15.6 Å².